The number of aryl methyl sites for hydroxylation is 1. The summed E-state index contributed by atoms with van der Waals surface area (Å²) in [7, 11) is -7.86. The lowest BCUT2D eigenvalue weighted by atomic mass is 10.2. The van der Waals surface area contributed by atoms with Gasteiger partial charge in [0.05, 0.1) is 24.8 Å². The lowest BCUT2D eigenvalue weighted by molar-refractivity contribution is 0.345. The first-order valence-corrected chi connectivity index (χ1v) is 10.4. The molecular weight excluding hydrogens is 370 g/mol. The molecule has 0 aromatic heterocycles. The van der Waals surface area contributed by atoms with Gasteiger partial charge in [0.1, 0.15) is 5.75 Å². The van der Waals surface area contributed by atoms with E-state index in [-0.39, 0.29) is 5.69 Å². The van der Waals surface area contributed by atoms with E-state index in [0.29, 0.717) is 27.0 Å². The van der Waals surface area contributed by atoms with Crippen LogP contribution in [0.4, 0.5) is 5.69 Å². The first kappa shape index (κ1) is 17.3. The minimum absolute atomic E-state index is 0.0983. The minimum Gasteiger partial charge on any atom is -0.493 e. The summed E-state index contributed by atoms with van der Waals surface area (Å²) in [5.41, 5.74) is 0.592. The molecule has 1 aromatic carbocycles. The molecule has 1 aromatic rings. The number of ether oxygens (including phenoxy) is 1. The summed E-state index contributed by atoms with van der Waals surface area (Å²) in [6, 6.07) is 4.55. The highest BCUT2D eigenvalue weighted by atomic mass is 79.9. The van der Waals surface area contributed by atoms with Crippen molar-refractivity contribution in [3.05, 3.63) is 23.8 Å². The van der Waals surface area contributed by atoms with Gasteiger partial charge >= 0.3 is 0 Å². The van der Waals surface area contributed by atoms with Crippen LogP contribution in [0.3, 0.4) is 0 Å². The van der Waals surface area contributed by atoms with Gasteiger partial charge in [0.25, 0.3) is 0 Å². The maximum atomic E-state index is 11.7. The number of anilines is 1. The Morgan fingerprint density at radius 3 is 2.10 bits per heavy atom. The van der Waals surface area contributed by atoms with Crippen LogP contribution >= 0.6 is 15.9 Å². The van der Waals surface area contributed by atoms with Gasteiger partial charge in [0, 0.05) is 5.33 Å². The highest BCUT2D eigenvalue weighted by molar-refractivity contribution is 9.09. The van der Waals surface area contributed by atoms with Crippen LogP contribution in [-0.2, 0) is 20.0 Å². The van der Waals surface area contributed by atoms with Gasteiger partial charge in [0.2, 0.25) is 20.0 Å². The van der Waals surface area contributed by atoms with Gasteiger partial charge in [-0.2, -0.15) is 3.71 Å². The molecule has 0 heterocycles. The topological polar surface area (TPSA) is 80.8 Å². The van der Waals surface area contributed by atoms with Gasteiger partial charge in [0.15, 0.2) is 0 Å². The third kappa shape index (κ3) is 4.35. The first-order valence-electron chi connectivity index (χ1n) is 5.57. The smallest absolute Gasteiger partial charge is 0.245 e. The van der Waals surface area contributed by atoms with Gasteiger partial charge in [-0.15, -0.1) is 0 Å². The quantitative estimate of drug-likeness (QED) is 0.692. The Kier molecular flexibility index (Phi) is 5.45. The number of benzene rings is 1. The van der Waals surface area contributed by atoms with Crippen LogP contribution in [0.5, 0.6) is 5.75 Å². The van der Waals surface area contributed by atoms with E-state index < -0.39 is 20.0 Å². The molecule has 1 rings (SSSR count). The summed E-state index contributed by atoms with van der Waals surface area (Å²) < 4.78 is 52.6. The summed E-state index contributed by atoms with van der Waals surface area (Å²) in [5.74, 6) is 0.549. The average Bonchev–Trinajstić information content (AvgIpc) is 2.26. The number of hydrogen-bond donors (Lipinski definition) is 0. The molecule has 0 aliphatic rings. The van der Waals surface area contributed by atoms with Crippen molar-refractivity contribution in [1.82, 2.24) is 0 Å². The Hall–Kier alpha value is -0.800. The molecule has 0 amide bonds. The average molecular weight is 386 g/mol. The molecule has 0 unspecified atom stereocenters. The van der Waals surface area contributed by atoms with E-state index in [1.807, 2.05) is 0 Å². The summed E-state index contributed by atoms with van der Waals surface area (Å²) in [6.45, 7) is 2.08. The van der Waals surface area contributed by atoms with E-state index in [1.165, 1.54) is 12.1 Å². The Morgan fingerprint density at radius 1 is 1.15 bits per heavy atom. The van der Waals surface area contributed by atoms with Gasteiger partial charge in [-0.25, -0.2) is 16.8 Å². The second-order valence-corrected chi connectivity index (χ2v) is 8.90. The molecule has 0 radical (unpaired) electrons. The van der Waals surface area contributed by atoms with Crippen molar-refractivity contribution in [3.8, 4) is 5.75 Å². The number of nitrogens with zero attached hydrogens (tertiary/aromatic N) is 1. The van der Waals surface area contributed by atoms with Crippen LogP contribution in [0.15, 0.2) is 18.2 Å². The molecule has 9 heteroatoms. The molecule has 0 aliphatic heterocycles. The van der Waals surface area contributed by atoms with Crippen molar-refractivity contribution in [2.75, 3.05) is 28.2 Å². The molecule has 0 fully saturated rings. The largest absolute Gasteiger partial charge is 0.493 e. The minimum atomic E-state index is -3.93. The highest BCUT2D eigenvalue weighted by Gasteiger charge is 2.28. The van der Waals surface area contributed by atoms with Crippen molar-refractivity contribution in [1.29, 1.82) is 0 Å². The van der Waals surface area contributed by atoms with Gasteiger partial charge in [-0.1, -0.05) is 15.9 Å². The van der Waals surface area contributed by atoms with Crippen molar-refractivity contribution < 1.29 is 21.6 Å². The Balaban J connectivity index is 3.31. The standard InChI is InChI=1S/C11H16BrNO5S2/c1-9-8-10(18-7-6-12)4-5-11(9)13(19(2,14)15)20(3,16)17/h4-5,8H,6-7H2,1-3H3. The Morgan fingerprint density at radius 2 is 1.70 bits per heavy atom. The number of sulfonamides is 2. The van der Waals surface area contributed by atoms with E-state index in [1.54, 1.807) is 13.0 Å². The van der Waals surface area contributed by atoms with E-state index >= 15 is 0 Å². The van der Waals surface area contributed by atoms with E-state index in [2.05, 4.69) is 15.9 Å². The molecule has 0 aliphatic carbocycles. The molecule has 0 bridgehead atoms. The molecule has 20 heavy (non-hydrogen) atoms. The predicted molar refractivity (Wildman–Crippen MR) is 82.6 cm³/mol. The van der Waals surface area contributed by atoms with Crippen LogP contribution < -0.4 is 8.45 Å². The van der Waals surface area contributed by atoms with Gasteiger partial charge in [-0.3, -0.25) is 0 Å². The zero-order valence-electron chi connectivity index (χ0n) is 11.3. The van der Waals surface area contributed by atoms with Crippen molar-refractivity contribution in [2.45, 2.75) is 6.92 Å². The second-order valence-electron chi connectivity index (χ2n) is 4.21. The number of rotatable bonds is 6. The van der Waals surface area contributed by atoms with Gasteiger partial charge < -0.3 is 4.74 Å². The zero-order valence-corrected chi connectivity index (χ0v) is 14.5. The zero-order chi connectivity index (χ0) is 15.6. The second kappa shape index (κ2) is 6.31. The summed E-state index contributed by atoms with van der Waals surface area (Å²) in [4.78, 5) is 0. The number of halogens is 1. The van der Waals surface area contributed by atoms with Crippen molar-refractivity contribution in [3.63, 3.8) is 0 Å². The molecule has 0 saturated heterocycles. The third-order valence-electron chi connectivity index (χ3n) is 2.31. The van der Waals surface area contributed by atoms with Crippen LogP contribution in [-0.4, -0.2) is 41.3 Å². The fourth-order valence-corrected chi connectivity index (χ4v) is 4.94. The van der Waals surface area contributed by atoms with Crippen LogP contribution in [0.2, 0.25) is 0 Å². The van der Waals surface area contributed by atoms with Crippen molar-refractivity contribution in [2.24, 2.45) is 0 Å². The molecule has 0 spiro atoms. The van der Waals surface area contributed by atoms with Crippen molar-refractivity contribution >= 4 is 41.7 Å². The van der Waals surface area contributed by atoms with E-state index in [4.69, 9.17) is 4.74 Å². The number of hydrogen-bond acceptors (Lipinski definition) is 5. The Labute approximate surface area is 128 Å². The van der Waals surface area contributed by atoms with Gasteiger partial charge in [-0.05, 0) is 30.7 Å². The predicted octanol–water partition coefficient (Wildman–Crippen LogP) is 1.49. The maximum absolute atomic E-state index is 11.7. The SMILES string of the molecule is Cc1cc(OCCBr)ccc1N(S(C)(=O)=O)S(C)(=O)=O. The molecule has 114 valence electrons. The fraction of sp³-hybridized carbons (Fsp3) is 0.455. The third-order valence-corrected chi connectivity index (χ3v) is 5.86. The van der Waals surface area contributed by atoms with Crippen LogP contribution in [0.25, 0.3) is 0 Å². The molecule has 0 atom stereocenters. The lowest BCUT2D eigenvalue weighted by Crippen LogP contribution is -2.35. The lowest BCUT2D eigenvalue weighted by Gasteiger charge is -2.22. The molecule has 6 nitrogen and oxygen atoms in total. The van der Waals surface area contributed by atoms with E-state index in [9.17, 15) is 16.8 Å². The molecule has 0 saturated carbocycles. The first-order chi connectivity index (χ1) is 9.07. The normalized spacial score (nSPS) is 12.2. The fourth-order valence-electron chi connectivity index (χ4n) is 1.68. The monoisotopic (exact) mass is 385 g/mol. The number of alkyl halides is 1. The van der Waals surface area contributed by atoms with Crippen LogP contribution in [0.1, 0.15) is 5.56 Å². The summed E-state index contributed by atoms with van der Waals surface area (Å²) in [6.07, 6.45) is 1.70. The summed E-state index contributed by atoms with van der Waals surface area (Å²) in [5, 5.41) is 0.659. The maximum Gasteiger partial charge on any atom is 0.245 e. The highest BCUT2D eigenvalue weighted by Crippen LogP contribution is 2.28. The van der Waals surface area contributed by atoms with E-state index in [0.717, 1.165) is 12.5 Å². The Bertz CT molecular complexity index is 653. The molecular formula is C11H16BrNO5S2. The van der Waals surface area contributed by atoms with Crippen LogP contribution in [0, 0.1) is 6.92 Å². The summed E-state index contributed by atoms with van der Waals surface area (Å²) >= 11 is 3.22. The molecule has 0 N–H and O–H groups in total.